The molecule has 0 aromatic heterocycles. The molecule has 0 unspecified atom stereocenters. The lowest BCUT2D eigenvalue weighted by Gasteiger charge is -2.08. The van der Waals surface area contributed by atoms with Crippen LogP contribution in [0.4, 0.5) is 10.1 Å². The van der Waals surface area contributed by atoms with Crippen molar-refractivity contribution in [1.82, 2.24) is 5.32 Å². The molecule has 20 heavy (non-hydrogen) atoms. The van der Waals surface area contributed by atoms with Gasteiger partial charge in [-0.15, -0.1) is 0 Å². The summed E-state index contributed by atoms with van der Waals surface area (Å²) >= 11 is 3.07. The molecule has 2 aromatic carbocycles. The average molecular weight is 337 g/mol. The van der Waals surface area contributed by atoms with Gasteiger partial charge >= 0.3 is 0 Å². The minimum Gasteiger partial charge on any atom is -0.322 e. The number of carbonyl (C=O) groups excluding carboxylic acids is 1. The number of nitrogens with one attached hydrogen (secondary N) is 2. The standard InChI is InChI=1S/C15H14BrFN2O/c1-18-9-10-3-2-4-12(7-10)19-15(20)11-5-6-14(17)13(16)8-11/h2-8,18H,9H2,1H3,(H,19,20). The minimum absolute atomic E-state index is 0.271. The van der Waals surface area contributed by atoms with E-state index < -0.39 is 5.82 Å². The number of amides is 1. The maximum atomic E-state index is 13.1. The van der Waals surface area contributed by atoms with E-state index in [4.69, 9.17) is 0 Å². The van der Waals surface area contributed by atoms with Gasteiger partial charge in [0.15, 0.2) is 0 Å². The molecule has 3 nitrogen and oxygen atoms in total. The second-order valence-electron chi connectivity index (χ2n) is 4.31. The van der Waals surface area contributed by atoms with E-state index in [9.17, 15) is 9.18 Å². The Kier molecular flexibility index (Phi) is 4.87. The first kappa shape index (κ1) is 14.7. The van der Waals surface area contributed by atoms with Crippen LogP contribution in [-0.2, 0) is 6.54 Å². The first-order valence-electron chi connectivity index (χ1n) is 6.10. The number of anilines is 1. The highest BCUT2D eigenvalue weighted by molar-refractivity contribution is 9.10. The SMILES string of the molecule is CNCc1cccc(NC(=O)c2ccc(F)c(Br)c2)c1. The summed E-state index contributed by atoms with van der Waals surface area (Å²) in [7, 11) is 1.86. The second-order valence-corrected chi connectivity index (χ2v) is 5.17. The summed E-state index contributed by atoms with van der Waals surface area (Å²) in [6.45, 7) is 0.728. The van der Waals surface area contributed by atoms with E-state index >= 15 is 0 Å². The van der Waals surface area contributed by atoms with E-state index in [1.165, 1.54) is 18.2 Å². The number of hydrogen-bond acceptors (Lipinski definition) is 2. The molecule has 0 spiro atoms. The van der Waals surface area contributed by atoms with Crippen LogP contribution < -0.4 is 10.6 Å². The zero-order valence-corrected chi connectivity index (χ0v) is 12.5. The second kappa shape index (κ2) is 6.63. The lowest BCUT2D eigenvalue weighted by Crippen LogP contribution is -2.12. The molecule has 0 aliphatic rings. The van der Waals surface area contributed by atoms with Crippen molar-refractivity contribution in [3.63, 3.8) is 0 Å². The monoisotopic (exact) mass is 336 g/mol. The zero-order chi connectivity index (χ0) is 14.5. The number of hydrogen-bond donors (Lipinski definition) is 2. The van der Waals surface area contributed by atoms with Crippen molar-refractivity contribution in [3.05, 3.63) is 63.9 Å². The van der Waals surface area contributed by atoms with Crippen LogP contribution in [0.2, 0.25) is 0 Å². The summed E-state index contributed by atoms with van der Waals surface area (Å²) in [5.41, 5.74) is 2.19. The fourth-order valence-electron chi connectivity index (χ4n) is 1.80. The average Bonchev–Trinajstić information content (AvgIpc) is 2.42. The Labute approximate surface area is 125 Å². The first-order chi connectivity index (χ1) is 9.60. The molecular weight excluding hydrogens is 323 g/mol. The van der Waals surface area contributed by atoms with Crippen LogP contribution in [-0.4, -0.2) is 13.0 Å². The van der Waals surface area contributed by atoms with Gasteiger partial charge in [-0.3, -0.25) is 4.79 Å². The minimum atomic E-state index is -0.391. The van der Waals surface area contributed by atoms with Gasteiger partial charge in [-0.05, 0) is 58.9 Å². The van der Waals surface area contributed by atoms with Crippen LogP contribution in [0.25, 0.3) is 0 Å². The summed E-state index contributed by atoms with van der Waals surface area (Å²) in [6.07, 6.45) is 0. The molecule has 0 aliphatic carbocycles. The maximum Gasteiger partial charge on any atom is 0.255 e. The van der Waals surface area contributed by atoms with Crippen molar-refractivity contribution in [2.75, 3.05) is 12.4 Å². The molecule has 5 heteroatoms. The molecule has 2 N–H and O–H groups in total. The Hall–Kier alpha value is -1.72. The molecule has 2 aromatic rings. The lowest BCUT2D eigenvalue weighted by atomic mass is 10.1. The van der Waals surface area contributed by atoms with Crippen molar-refractivity contribution < 1.29 is 9.18 Å². The highest BCUT2D eigenvalue weighted by Crippen LogP contribution is 2.18. The van der Waals surface area contributed by atoms with Crippen LogP contribution in [0.5, 0.6) is 0 Å². The Morgan fingerprint density at radius 2 is 2.05 bits per heavy atom. The molecule has 0 radical (unpaired) electrons. The van der Waals surface area contributed by atoms with Crippen LogP contribution >= 0.6 is 15.9 Å². The third-order valence-corrected chi connectivity index (χ3v) is 3.36. The smallest absolute Gasteiger partial charge is 0.255 e. The molecule has 0 atom stereocenters. The van der Waals surface area contributed by atoms with E-state index in [1.54, 1.807) is 0 Å². The van der Waals surface area contributed by atoms with Gasteiger partial charge in [0.05, 0.1) is 4.47 Å². The van der Waals surface area contributed by atoms with Gasteiger partial charge in [0.1, 0.15) is 5.82 Å². The molecule has 0 heterocycles. The summed E-state index contributed by atoms with van der Waals surface area (Å²) in [5.74, 6) is -0.662. The number of halogens is 2. The third-order valence-electron chi connectivity index (χ3n) is 2.75. The summed E-state index contributed by atoms with van der Waals surface area (Å²) in [6, 6.07) is 11.7. The molecule has 0 saturated heterocycles. The molecule has 0 fully saturated rings. The Morgan fingerprint density at radius 1 is 1.25 bits per heavy atom. The normalized spacial score (nSPS) is 10.3. The summed E-state index contributed by atoms with van der Waals surface area (Å²) in [4.78, 5) is 12.1. The number of carbonyl (C=O) groups is 1. The zero-order valence-electron chi connectivity index (χ0n) is 10.9. The molecule has 0 bridgehead atoms. The van der Waals surface area contributed by atoms with Gasteiger partial charge in [-0.1, -0.05) is 12.1 Å². The molecule has 1 amide bonds. The van der Waals surface area contributed by atoms with Crippen molar-refractivity contribution in [3.8, 4) is 0 Å². The Balaban J connectivity index is 2.14. The van der Waals surface area contributed by atoms with Crippen molar-refractivity contribution in [1.29, 1.82) is 0 Å². The molecule has 2 rings (SSSR count). The molecule has 0 aliphatic heterocycles. The number of benzene rings is 2. The quantitative estimate of drug-likeness (QED) is 0.896. The Bertz CT molecular complexity index is 631. The van der Waals surface area contributed by atoms with Gasteiger partial charge < -0.3 is 10.6 Å². The summed E-state index contributed by atoms with van der Waals surface area (Å²) < 4.78 is 13.4. The molecule has 0 saturated carbocycles. The fraction of sp³-hybridized carbons (Fsp3) is 0.133. The van der Waals surface area contributed by atoms with Gasteiger partial charge in [-0.2, -0.15) is 0 Å². The van der Waals surface area contributed by atoms with Gasteiger partial charge in [0.25, 0.3) is 5.91 Å². The topological polar surface area (TPSA) is 41.1 Å². The van der Waals surface area contributed by atoms with Gasteiger partial charge in [-0.25, -0.2) is 4.39 Å². The highest BCUT2D eigenvalue weighted by Gasteiger charge is 2.09. The van der Waals surface area contributed by atoms with Gasteiger partial charge in [0.2, 0.25) is 0 Å². The van der Waals surface area contributed by atoms with Crippen molar-refractivity contribution in [2.45, 2.75) is 6.54 Å². The largest absolute Gasteiger partial charge is 0.322 e. The van der Waals surface area contributed by atoms with Crippen molar-refractivity contribution >= 4 is 27.5 Å². The summed E-state index contributed by atoms with van der Waals surface area (Å²) in [5, 5.41) is 5.84. The molecule has 104 valence electrons. The number of rotatable bonds is 4. The Morgan fingerprint density at radius 3 is 2.75 bits per heavy atom. The van der Waals surface area contributed by atoms with Crippen LogP contribution in [0.1, 0.15) is 15.9 Å². The van der Waals surface area contributed by atoms with Crippen molar-refractivity contribution in [2.24, 2.45) is 0 Å². The first-order valence-corrected chi connectivity index (χ1v) is 6.89. The van der Waals surface area contributed by atoms with E-state index in [0.29, 0.717) is 11.3 Å². The fourth-order valence-corrected chi connectivity index (χ4v) is 2.18. The van der Waals surface area contributed by atoms with E-state index in [1.807, 2.05) is 31.3 Å². The predicted molar refractivity (Wildman–Crippen MR) is 81.3 cm³/mol. The van der Waals surface area contributed by atoms with E-state index in [0.717, 1.165) is 12.1 Å². The molecular formula is C15H14BrFN2O. The third kappa shape index (κ3) is 3.65. The predicted octanol–water partition coefficient (Wildman–Crippen LogP) is 3.56. The van der Waals surface area contributed by atoms with Crippen LogP contribution in [0.3, 0.4) is 0 Å². The van der Waals surface area contributed by atoms with Gasteiger partial charge in [0, 0.05) is 17.8 Å². The van der Waals surface area contributed by atoms with Crippen LogP contribution in [0.15, 0.2) is 46.9 Å². The lowest BCUT2D eigenvalue weighted by molar-refractivity contribution is 0.102. The van der Waals surface area contributed by atoms with Crippen LogP contribution in [0, 0.1) is 5.82 Å². The maximum absolute atomic E-state index is 13.1. The van der Waals surface area contributed by atoms with E-state index in [2.05, 4.69) is 26.6 Å². The highest BCUT2D eigenvalue weighted by atomic mass is 79.9. The van der Waals surface area contributed by atoms with E-state index in [-0.39, 0.29) is 10.4 Å².